The molecule has 1 heterocycles. The molecular weight excluding hydrogens is 300 g/mol. The van der Waals surface area contributed by atoms with Gasteiger partial charge in [-0.3, -0.25) is 0 Å². The van der Waals surface area contributed by atoms with E-state index in [0.717, 1.165) is 0 Å². The molecule has 2 aromatic rings. The van der Waals surface area contributed by atoms with Crippen LogP contribution in [0, 0.1) is 5.41 Å². The molecule has 1 aromatic heterocycles. The van der Waals surface area contributed by atoms with Crippen molar-refractivity contribution in [2.45, 2.75) is 45.9 Å². The van der Waals surface area contributed by atoms with Crippen molar-refractivity contribution >= 4 is 11.6 Å². The van der Waals surface area contributed by atoms with Crippen LogP contribution in [0.1, 0.15) is 27.7 Å². The summed E-state index contributed by atoms with van der Waals surface area (Å²) in [6.45, 7) is 8.31. The van der Waals surface area contributed by atoms with Gasteiger partial charge in [-0.1, -0.05) is 32.4 Å². The minimum atomic E-state index is -1.03. The second-order valence-corrected chi connectivity index (χ2v) is 7.15. The zero-order valence-electron chi connectivity index (χ0n) is 13.5. The molecule has 5 heteroatoms. The van der Waals surface area contributed by atoms with Crippen LogP contribution in [0.15, 0.2) is 43.0 Å². The highest BCUT2D eigenvalue weighted by Crippen LogP contribution is 2.35. The Kier molecular flexibility index (Phi) is 4.83. The Morgan fingerprint density at radius 2 is 1.86 bits per heavy atom. The summed E-state index contributed by atoms with van der Waals surface area (Å²) in [6, 6.07) is 7.16. The lowest BCUT2D eigenvalue weighted by molar-refractivity contribution is -0.123. The molecule has 0 amide bonds. The standard InChI is InChI=1S/C17H23ClN2O2/c1-16(2,3)17(4,21)15(11-20-10-9-19-12-20)22-14-7-5-13(18)6-8-14/h5-10,12,15,21H,11H2,1-4H3. The highest BCUT2D eigenvalue weighted by molar-refractivity contribution is 6.30. The normalized spacial score (nSPS) is 16.1. The summed E-state index contributed by atoms with van der Waals surface area (Å²) >= 11 is 5.91. The lowest BCUT2D eigenvalue weighted by Crippen LogP contribution is -2.54. The van der Waals surface area contributed by atoms with Crippen LogP contribution in [0.2, 0.25) is 5.02 Å². The molecule has 0 bridgehead atoms. The topological polar surface area (TPSA) is 47.3 Å². The molecule has 0 saturated heterocycles. The minimum Gasteiger partial charge on any atom is -0.486 e. The summed E-state index contributed by atoms with van der Waals surface area (Å²) < 4.78 is 7.98. The van der Waals surface area contributed by atoms with Crippen LogP contribution in [0.4, 0.5) is 0 Å². The van der Waals surface area contributed by atoms with Gasteiger partial charge in [-0.05, 0) is 36.6 Å². The zero-order chi connectivity index (χ0) is 16.4. The molecular formula is C17H23ClN2O2. The number of nitrogens with zero attached hydrogens (tertiary/aromatic N) is 2. The van der Waals surface area contributed by atoms with E-state index >= 15 is 0 Å². The van der Waals surface area contributed by atoms with Gasteiger partial charge in [-0.25, -0.2) is 4.98 Å². The average molecular weight is 323 g/mol. The third-order valence-electron chi connectivity index (χ3n) is 4.17. The highest BCUT2D eigenvalue weighted by Gasteiger charge is 2.44. The van der Waals surface area contributed by atoms with Crippen LogP contribution < -0.4 is 4.74 Å². The molecule has 0 fully saturated rings. The maximum atomic E-state index is 11.0. The van der Waals surface area contributed by atoms with Crippen molar-refractivity contribution < 1.29 is 9.84 Å². The van der Waals surface area contributed by atoms with E-state index in [4.69, 9.17) is 16.3 Å². The van der Waals surface area contributed by atoms with E-state index in [-0.39, 0.29) is 5.41 Å². The van der Waals surface area contributed by atoms with Crippen molar-refractivity contribution in [3.8, 4) is 5.75 Å². The van der Waals surface area contributed by atoms with Crippen molar-refractivity contribution in [2.24, 2.45) is 5.41 Å². The van der Waals surface area contributed by atoms with Gasteiger partial charge in [0.25, 0.3) is 0 Å². The van der Waals surface area contributed by atoms with Crippen LogP contribution >= 0.6 is 11.6 Å². The van der Waals surface area contributed by atoms with E-state index in [0.29, 0.717) is 17.3 Å². The maximum absolute atomic E-state index is 11.0. The van der Waals surface area contributed by atoms with Crippen LogP contribution in [0.5, 0.6) is 5.75 Å². The summed E-state index contributed by atoms with van der Waals surface area (Å²) in [5, 5.41) is 11.7. The lowest BCUT2D eigenvalue weighted by atomic mass is 9.74. The molecule has 0 radical (unpaired) electrons. The molecule has 22 heavy (non-hydrogen) atoms. The molecule has 0 spiro atoms. The predicted molar refractivity (Wildman–Crippen MR) is 88.2 cm³/mol. The minimum absolute atomic E-state index is 0.343. The van der Waals surface area contributed by atoms with Gasteiger partial charge in [0.05, 0.1) is 12.9 Å². The fourth-order valence-corrected chi connectivity index (χ4v) is 2.20. The van der Waals surface area contributed by atoms with Crippen LogP contribution in [-0.2, 0) is 6.54 Å². The predicted octanol–water partition coefficient (Wildman–Crippen LogP) is 3.78. The molecule has 120 valence electrons. The summed E-state index contributed by atoms with van der Waals surface area (Å²) in [6.07, 6.45) is 4.86. The molecule has 0 saturated carbocycles. The SMILES string of the molecule is CC(C)(C)C(C)(O)C(Cn1ccnc1)Oc1ccc(Cl)cc1. The van der Waals surface area contributed by atoms with Crippen molar-refractivity contribution in [1.29, 1.82) is 0 Å². The summed E-state index contributed by atoms with van der Waals surface area (Å²) in [5.74, 6) is 0.680. The van der Waals surface area contributed by atoms with E-state index < -0.39 is 11.7 Å². The number of rotatable bonds is 5. The Labute approximate surface area is 136 Å². The van der Waals surface area contributed by atoms with Crippen molar-refractivity contribution in [3.05, 3.63) is 48.0 Å². The second-order valence-electron chi connectivity index (χ2n) is 6.72. The molecule has 2 rings (SSSR count). The number of hydrogen-bond donors (Lipinski definition) is 1. The number of imidazole rings is 1. The van der Waals surface area contributed by atoms with Crippen molar-refractivity contribution in [2.75, 3.05) is 0 Å². The van der Waals surface area contributed by atoms with Gasteiger partial charge in [-0.15, -0.1) is 0 Å². The number of halogens is 1. The molecule has 4 nitrogen and oxygen atoms in total. The van der Waals surface area contributed by atoms with Gasteiger partial charge in [0, 0.05) is 17.4 Å². The van der Waals surface area contributed by atoms with E-state index in [2.05, 4.69) is 4.98 Å². The first kappa shape index (κ1) is 16.8. The number of benzene rings is 1. The second kappa shape index (κ2) is 6.31. The lowest BCUT2D eigenvalue weighted by Gasteiger charge is -2.43. The molecule has 1 aromatic carbocycles. The largest absolute Gasteiger partial charge is 0.486 e. The van der Waals surface area contributed by atoms with Gasteiger partial charge >= 0.3 is 0 Å². The summed E-state index contributed by atoms with van der Waals surface area (Å²) in [5.41, 5.74) is -1.37. The molecule has 1 N–H and O–H groups in total. The van der Waals surface area contributed by atoms with E-state index in [1.165, 1.54) is 0 Å². The first-order chi connectivity index (χ1) is 10.2. The van der Waals surface area contributed by atoms with Crippen LogP contribution in [0.25, 0.3) is 0 Å². The van der Waals surface area contributed by atoms with Gasteiger partial charge in [0.1, 0.15) is 17.5 Å². The first-order valence-electron chi connectivity index (χ1n) is 7.30. The average Bonchev–Trinajstić information content (AvgIpc) is 2.92. The number of ether oxygens (including phenoxy) is 1. The molecule has 0 aliphatic rings. The summed E-state index contributed by atoms with van der Waals surface area (Å²) in [4.78, 5) is 4.05. The number of hydrogen-bond acceptors (Lipinski definition) is 3. The smallest absolute Gasteiger partial charge is 0.145 e. The van der Waals surface area contributed by atoms with E-state index in [1.54, 1.807) is 24.7 Å². The maximum Gasteiger partial charge on any atom is 0.145 e. The number of aromatic nitrogens is 2. The van der Waals surface area contributed by atoms with Crippen LogP contribution in [-0.4, -0.2) is 26.4 Å². The fourth-order valence-electron chi connectivity index (χ4n) is 2.08. The molecule has 2 unspecified atom stereocenters. The Balaban J connectivity index is 2.26. The highest BCUT2D eigenvalue weighted by atomic mass is 35.5. The van der Waals surface area contributed by atoms with Crippen molar-refractivity contribution in [1.82, 2.24) is 9.55 Å². The van der Waals surface area contributed by atoms with Crippen molar-refractivity contribution in [3.63, 3.8) is 0 Å². The monoisotopic (exact) mass is 322 g/mol. The Hall–Kier alpha value is -1.52. The number of aliphatic hydroxyl groups is 1. The first-order valence-corrected chi connectivity index (χ1v) is 7.68. The Morgan fingerprint density at radius 1 is 1.23 bits per heavy atom. The van der Waals surface area contributed by atoms with Crippen LogP contribution in [0.3, 0.4) is 0 Å². The Bertz CT molecular complexity index is 586. The Morgan fingerprint density at radius 3 is 2.36 bits per heavy atom. The van der Waals surface area contributed by atoms with Gasteiger partial charge < -0.3 is 14.4 Å². The van der Waals surface area contributed by atoms with E-state index in [1.807, 2.05) is 50.6 Å². The quantitative estimate of drug-likeness (QED) is 0.911. The zero-order valence-corrected chi connectivity index (χ0v) is 14.2. The fraction of sp³-hybridized carbons (Fsp3) is 0.471. The van der Waals surface area contributed by atoms with Gasteiger partial charge in [0.2, 0.25) is 0 Å². The van der Waals surface area contributed by atoms with Gasteiger partial charge in [0.15, 0.2) is 0 Å². The molecule has 0 aliphatic heterocycles. The molecule has 2 atom stereocenters. The molecule has 0 aliphatic carbocycles. The van der Waals surface area contributed by atoms with Gasteiger partial charge in [-0.2, -0.15) is 0 Å². The third-order valence-corrected chi connectivity index (χ3v) is 4.43. The van der Waals surface area contributed by atoms with E-state index in [9.17, 15) is 5.11 Å². The third kappa shape index (κ3) is 3.81. The summed E-state index contributed by atoms with van der Waals surface area (Å²) in [7, 11) is 0.